The number of fused-ring (bicyclic) bond motifs is 3. The summed E-state index contributed by atoms with van der Waals surface area (Å²) in [6, 6.07) is 3.91. The van der Waals surface area contributed by atoms with Gasteiger partial charge in [0.15, 0.2) is 11.5 Å². The van der Waals surface area contributed by atoms with Gasteiger partial charge in [0.25, 0.3) is 5.91 Å². The molecule has 1 aliphatic rings. The fourth-order valence-electron chi connectivity index (χ4n) is 2.92. The number of carboxylic acid groups (broad SMARTS) is 2. The maximum Gasteiger partial charge on any atom is 0.326 e. The van der Waals surface area contributed by atoms with Gasteiger partial charge >= 0.3 is 11.9 Å². The Balaban J connectivity index is 1.87. The van der Waals surface area contributed by atoms with Gasteiger partial charge in [-0.05, 0) is 36.6 Å². The third-order valence-electron chi connectivity index (χ3n) is 4.19. The van der Waals surface area contributed by atoms with Crippen LogP contribution in [0.4, 0.5) is 0 Å². The fourth-order valence-corrected chi connectivity index (χ4v) is 2.92. The molecule has 1 aromatic heterocycles. The molecule has 26 heavy (non-hydrogen) atoms. The molecule has 1 atom stereocenters. The van der Waals surface area contributed by atoms with Crippen molar-refractivity contribution in [2.24, 2.45) is 0 Å². The van der Waals surface area contributed by atoms with Gasteiger partial charge in [-0.25, -0.2) is 4.79 Å². The maximum atomic E-state index is 12.4. The average molecular weight is 360 g/mol. The minimum absolute atomic E-state index is 0.0295. The zero-order chi connectivity index (χ0) is 18.8. The summed E-state index contributed by atoms with van der Waals surface area (Å²) in [6.45, 7) is 0. The van der Waals surface area contributed by atoms with Crippen molar-refractivity contribution in [3.05, 3.63) is 35.0 Å². The second-order valence-electron chi connectivity index (χ2n) is 5.82. The second-order valence-corrected chi connectivity index (χ2v) is 5.82. The van der Waals surface area contributed by atoms with Crippen LogP contribution in [0, 0.1) is 0 Å². The first-order valence-corrected chi connectivity index (χ1v) is 7.82. The molecule has 3 N–H and O–H groups in total. The Kier molecular flexibility index (Phi) is 4.61. The van der Waals surface area contributed by atoms with E-state index in [0.29, 0.717) is 29.9 Å². The van der Waals surface area contributed by atoms with E-state index in [1.807, 2.05) is 12.1 Å². The molecule has 3 rings (SSSR count). The van der Waals surface area contributed by atoms with Gasteiger partial charge in [0.05, 0.1) is 13.5 Å². The number of carbonyl (C=O) groups is 3. The van der Waals surface area contributed by atoms with Crippen LogP contribution in [0.2, 0.25) is 0 Å². The molecule has 0 unspecified atom stereocenters. The van der Waals surface area contributed by atoms with Gasteiger partial charge in [-0.3, -0.25) is 9.59 Å². The van der Waals surface area contributed by atoms with E-state index in [-0.39, 0.29) is 5.69 Å². The summed E-state index contributed by atoms with van der Waals surface area (Å²) in [5, 5.41) is 23.8. The molecule has 0 radical (unpaired) electrons. The highest BCUT2D eigenvalue weighted by Crippen LogP contribution is 2.36. The highest BCUT2D eigenvalue weighted by atomic mass is 16.5. The smallest absolute Gasteiger partial charge is 0.326 e. The van der Waals surface area contributed by atoms with Crippen molar-refractivity contribution in [3.63, 3.8) is 0 Å². The minimum Gasteiger partial charge on any atom is -0.497 e. The third-order valence-corrected chi connectivity index (χ3v) is 4.19. The van der Waals surface area contributed by atoms with Crippen molar-refractivity contribution in [3.8, 4) is 17.1 Å². The molecule has 2 aromatic rings. The number of hydrogen-bond acceptors (Lipinski definition) is 6. The van der Waals surface area contributed by atoms with Crippen molar-refractivity contribution in [1.29, 1.82) is 0 Å². The molecule has 1 amide bonds. The lowest BCUT2D eigenvalue weighted by molar-refractivity contribution is -0.145. The molecule has 1 aliphatic carbocycles. The van der Waals surface area contributed by atoms with Crippen molar-refractivity contribution in [2.45, 2.75) is 25.3 Å². The van der Waals surface area contributed by atoms with Crippen LogP contribution in [0.15, 0.2) is 22.7 Å². The molecule has 0 bridgehead atoms. The summed E-state index contributed by atoms with van der Waals surface area (Å²) >= 11 is 0. The lowest BCUT2D eigenvalue weighted by atomic mass is 9.89. The molecule has 136 valence electrons. The Labute approximate surface area is 147 Å². The number of methoxy groups -OCH3 is 1. The van der Waals surface area contributed by atoms with Gasteiger partial charge in [0.2, 0.25) is 0 Å². The molecular formula is C17H16N2O7. The standard InChI is InChI=1S/C17H16N2O7/c1-25-9-3-5-10-8(6-9)2-4-11-14(19-26-15(10)11)16(22)18-12(17(23)24)7-13(20)21/h3,5-6,12H,2,4,7H2,1H3,(H,18,22)(H,20,21)(H,23,24)/t12-/m0/s1. The highest BCUT2D eigenvalue weighted by molar-refractivity contribution is 5.98. The van der Waals surface area contributed by atoms with Gasteiger partial charge < -0.3 is 24.8 Å². The van der Waals surface area contributed by atoms with Gasteiger partial charge in [0.1, 0.15) is 11.8 Å². The Morgan fingerprint density at radius 2 is 2.08 bits per heavy atom. The van der Waals surface area contributed by atoms with Gasteiger partial charge in [0, 0.05) is 11.1 Å². The van der Waals surface area contributed by atoms with Crippen LogP contribution in [-0.2, 0) is 22.4 Å². The molecule has 9 nitrogen and oxygen atoms in total. The molecule has 1 aromatic carbocycles. The van der Waals surface area contributed by atoms with Crippen molar-refractivity contribution in [2.75, 3.05) is 7.11 Å². The maximum absolute atomic E-state index is 12.4. The van der Waals surface area contributed by atoms with E-state index < -0.39 is 30.3 Å². The first-order chi connectivity index (χ1) is 12.4. The number of aromatic nitrogens is 1. The summed E-state index contributed by atoms with van der Waals surface area (Å²) in [6.07, 6.45) is 0.390. The van der Waals surface area contributed by atoms with Crippen molar-refractivity contribution >= 4 is 17.8 Å². The van der Waals surface area contributed by atoms with Crippen molar-refractivity contribution in [1.82, 2.24) is 10.5 Å². The van der Waals surface area contributed by atoms with Crippen LogP contribution >= 0.6 is 0 Å². The van der Waals surface area contributed by atoms with E-state index in [4.69, 9.17) is 19.5 Å². The average Bonchev–Trinajstić information content (AvgIpc) is 3.04. The van der Waals surface area contributed by atoms with Crippen LogP contribution < -0.4 is 10.1 Å². The van der Waals surface area contributed by atoms with E-state index in [1.165, 1.54) is 0 Å². The summed E-state index contributed by atoms with van der Waals surface area (Å²) < 4.78 is 10.5. The predicted octanol–water partition coefficient (Wildman–Crippen LogP) is 1.11. The monoisotopic (exact) mass is 360 g/mol. The van der Waals surface area contributed by atoms with Gasteiger partial charge in [-0.2, -0.15) is 0 Å². The van der Waals surface area contributed by atoms with Crippen LogP contribution in [0.5, 0.6) is 5.75 Å². The molecule has 0 aliphatic heterocycles. The molecule has 0 spiro atoms. The SMILES string of the molecule is COc1ccc2c(c1)CCc1c(C(=O)N[C@@H](CC(=O)O)C(=O)O)noc1-2. The topological polar surface area (TPSA) is 139 Å². The Bertz CT molecular complexity index is 887. The minimum atomic E-state index is -1.55. The van der Waals surface area contributed by atoms with E-state index in [0.717, 1.165) is 11.1 Å². The summed E-state index contributed by atoms with van der Waals surface area (Å²) in [7, 11) is 1.57. The number of nitrogens with one attached hydrogen (secondary N) is 1. The summed E-state index contributed by atoms with van der Waals surface area (Å²) in [5.74, 6) is -2.38. The number of ether oxygens (including phenoxy) is 1. The molecule has 0 fully saturated rings. The number of benzene rings is 1. The largest absolute Gasteiger partial charge is 0.497 e. The van der Waals surface area contributed by atoms with Crippen LogP contribution in [0.3, 0.4) is 0 Å². The zero-order valence-corrected chi connectivity index (χ0v) is 13.8. The van der Waals surface area contributed by atoms with Gasteiger partial charge in [-0.15, -0.1) is 0 Å². The number of amides is 1. The third kappa shape index (κ3) is 3.23. The predicted molar refractivity (Wildman–Crippen MR) is 87.0 cm³/mol. The first kappa shape index (κ1) is 17.5. The van der Waals surface area contributed by atoms with E-state index in [2.05, 4.69) is 10.5 Å². The number of aliphatic carboxylic acids is 2. The number of hydrogen-bond donors (Lipinski definition) is 3. The number of aryl methyl sites for hydroxylation is 1. The number of rotatable bonds is 6. The quantitative estimate of drug-likeness (QED) is 0.696. The lowest BCUT2D eigenvalue weighted by Crippen LogP contribution is -2.42. The van der Waals surface area contributed by atoms with E-state index in [9.17, 15) is 14.4 Å². The molecule has 9 heteroatoms. The number of nitrogens with zero attached hydrogens (tertiary/aromatic N) is 1. The second kappa shape index (κ2) is 6.87. The lowest BCUT2D eigenvalue weighted by Gasteiger charge is -2.16. The van der Waals surface area contributed by atoms with Crippen LogP contribution in [-0.4, -0.2) is 46.4 Å². The molecule has 1 heterocycles. The fraction of sp³-hybridized carbons (Fsp3) is 0.294. The molecule has 0 saturated heterocycles. The highest BCUT2D eigenvalue weighted by Gasteiger charge is 2.30. The summed E-state index contributed by atoms with van der Waals surface area (Å²) in [4.78, 5) is 34.2. The Hall–Kier alpha value is -3.36. The zero-order valence-electron chi connectivity index (χ0n) is 13.8. The normalized spacial score (nSPS) is 13.3. The summed E-state index contributed by atoms with van der Waals surface area (Å²) in [5.41, 5.74) is 2.32. The first-order valence-electron chi connectivity index (χ1n) is 7.82. The number of carbonyl (C=O) groups excluding carboxylic acids is 1. The molecule has 0 saturated carbocycles. The van der Waals surface area contributed by atoms with Crippen LogP contribution in [0.1, 0.15) is 28.0 Å². The Morgan fingerprint density at radius 1 is 1.31 bits per heavy atom. The van der Waals surface area contributed by atoms with E-state index in [1.54, 1.807) is 13.2 Å². The van der Waals surface area contributed by atoms with Crippen LogP contribution in [0.25, 0.3) is 11.3 Å². The molecular weight excluding hydrogens is 344 g/mol. The van der Waals surface area contributed by atoms with Crippen molar-refractivity contribution < 1.29 is 33.9 Å². The van der Waals surface area contributed by atoms with Gasteiger partial charge in [-0.1, -0.05) is 5.16 Å². The number of carboxylic acids is 2. The van der Waals surface area contributed by atoms with E-state index >= 15 is 0 Å². The Morgan fingerprint density at radius 3 is 2.73 bits per heavy atom.